The summed E-state index contributed by atoms with van der Waals surface area (Å²) in [7, 11) is 0. The van der Waals surface area contributed by atoms with Crippen LogP contribution in [0.25, 0.3) is 0 Å². The van der Waals surface area contributed by atoms with Crippen LogP contribution in [0.15, 0.2) is 0 Å². The standard InChI is InChI=1S/C17H29NO7/c1-8-23-13(20)10-11(19)9-12(14(21)24-16(2,3)4)18-15(22)25-17(5,6)7/h12H,8-10H2,1-7H3,(H,18,22). The van der Waals surface area contributed by atoms with Crippen LogP contribution in [0.5, 0.6) is 0 Å². The molecule has 0 bridgehead atoms. The van der Waals surface area contributed by atoms with Crippen molar-refractivity contribution in [1.82, 2.24) is 5.32 Å². The molecule has 144 valence electrons. The number of esters is 2. The molecule has 0 aromatic rings. The number of amides is 1. The zero-order valence-corrected chi connectivity index (χ0v) is 16.1. The van der Waals surface area contributed by atoms with Crippen molar-refractivity contribution in [3.63, 3.8) is 0 Å². The maximum absolute atomic E-state index is 12.2. The van der Waals surface area contributed by atoms with E-state index in [1.807, 2.05) is 0 Å². The summed E-state index contributed by atoms with van der Waals surface area (Å²) in [6.45, 7) is 11.8. The predicted molar refractivity (Wildman–Crippen MR) is 89.9 cm³/mol. The molecule has 0 saturated carbocycles. The lowest BCUT2D eigenvalue weighted by atomic mass is 10.1. The summed E-state index contributed by atoms with van der Waals surface area (Å²) < 4.78 is 15.0. The summed E-state index contributed by atoms with van der Waals surface area (Å²) in [6, 6.07) is -1.25. The van der Waals surface area contributed by atoms with Gasteiger partial charge in [-0.1, -0.05) is 0 Å². The van der Waals surface area contributed by atoms with Crippen LogP contribution in [0.2, 0.25) is 0 Å². The number of ketones is 1. The molecule has 1 unspecified atom stereocenters. The molecule has 0 aliphatic heterocycles. The summed E-state index contributed by atoms with van der Waals surface area (Å²) in [5, 5.41) is 2.32. The first-order valence-corrected chi connectivity index (χ1v) is 8.13. The van der Waals surface area contributed by atoms with Gasteiger partial charge in [0.15, 0.2) is 0 Å². The van der Waals surface area contributed by atoms with Gasteiger partial charge in [-0.05, 0) is 48.5 Å². The summed E-state index contributed by atoms with van der Waals surface area (Å²) in [5.74, 6) is -2.02. The van der Waals surface area contributed by atoms with E-state index in [0.29, 0.717) is 0 Å². The smallest absolute Gasteiger partial charge is 0.408 e. The van der Waals surface area contributed by atoms with Gasteiger partial charge < -0.3 is 19.5 Å². The van der Waals surface area contributed by atoms with Gasteiger partial charge in [0.1, 0.15) is 29.4 Å². The molecule has 1 N–H and O–H groups in total. The minimum atomic E-state index is -1.25. The molecule has 0 aromatic carbocycles. The second kappa shape index (κ2) is 9.39. The second-order valence-corrected chi connectivity index (χ2v) is 7.46. The highest BCUT2D eigenvalue weighted by Gasteiger charge is 2.31. The Bertz CT molecular complexity index is 500. The Morgan fingerprint density at radius 1 is 0.920 bits per heavy atom. The van der Waals surface area contributed by atoms with Gasteiger partial charge in [-0.2, -0.15) is 0 Å². The highest BCUT2D eigenvalue weighted by atomic mass is 16.6. The van der Waals surface area contributed by atoms with E-state index in [9.17, 15) is 19.2 Å². The third-order valence-corrected chi connectivity index (χ3v) is 2.46. The van der Waals surface area contributed by atoms with Crippen LogP contribution in [0.1, 0.15) is 61.3 Å². The fourth-order valence-electron chi connectivity index (χ4n) is 1.69. The Morgan fingerprint density at radius 2 is 1.44 bits per heavy atom. The molecule has 0 fully saturated rings. The van der Waals surface area contributed by atoms with Gasteiger partial charge in [0.05, 0.1) is 6.61 Å². The molecule has 8 heteroatoms. The Hall–Kier alpha value is -2.12. The van der Waals surface area contributed by atoms with Crippen LogP contribution >= 0.6 is 0 Å². The number of ether oxygens (including phenoxy) is 3. The van der Waals surface area contributed by atoms with Gasteiger partial charge in [-0.15, -0.1) is 0 Å². The largest absolute Gasteiger partial charge is 0.466 e. The minimum Gasteiger partial charge on any atom is -0.466 e. The number of nitrogens with one attached hydrogen (secondary N) is 1. The summed E-state index contributed by atoms with van der Waals surface area (Å²) in [5.41, 5.74) is -1.56. The molecule has 0 aromatic heterocycles. The lowest BCUT2D eigenvalue weighted by Crippen LogP contribution is -2.47. The number of hydrogen-bond acceptors (Lipinski definition) is 7. The molecule has 0 aliphatic carbocycles. The van der Waals surface area contributed by atoms with Crippen LogP contribution < -0.4 is 5.32 Å². The Kier molecular flexibility index (Phi) is 8.59. The van der Waals surface area contributed by atoms with Crippen molar-refractivity contribution < 1.29 is 33.4 Å². The van der Waals surface area contributed by atoms with Crippen molar-refractivity contribution in [3.05, 3.63) is 0 Å². The fourth-order valence-corrected chi connectivity index (χ4v) is 1.69. The van der Waals surface area contributed by atoms with E-state index < -0.39 is 53.9 Å². The van der Waals surface area contributed by atoms with Crippen LogP contribution in [0.4, 0.5) is 4.79 Å². The minimum absolute atomic E-state index is 0.151. The first kappa shape index (κ1) is 22.9. The molecular formula is C17H29NO7. The van der Waals surface area contributed by atoms with Crippen LogP contribution in [-0.4, -0.2) is 47.7 Å². The first-order chi connectivity index (χ1) is 11.2. The summed E-state index contributed by atoms with van der Waals surface area (Å²) in [6.07, 6.45) is -1.73. The van der Waals surface area contributed by atoms with Crippen molar-refractivity contribution >= 4 is 23.8 Å². The third kappa shape index (κ3) is 12.0. The van der Waals surface area contributed by atoms with Crippen molar-refractivity contribution in [1.29, 1.82) is 0 Å². The Labute approximate surface area is 148 Å². The van der Waals surface area contributed by atoms with E-state index in [4.69, 9.17) is 14.2 Å². The quantitative estimate of drug-likeness (QED) is 0.421. The lowest BCUT2D eigenvalue weighted by Gasteiger charge is -2.26. The highest BCUT2D eigenvalue weighted by Crippen LogP contribution is 2.12. The Morgan fingerprint density at radius 3 is 1.88 bits per heavy atom. The van der Waals surface area contributed by atoms with Gasteiger partial charge in [-0.25, -0.2) is 9.59 Å². The molecule has 0 saturated heterocycles. The predicted octanol–water partition coefficient (Wildman–Crippen LogP) is 2.13. The van der Waals surface area contributed by atoms with E-state index in [0.717, 1.165) is 0 Å². The average molecular weight is 359 g/mol. The van der Waals surface area contributed by atoms with E-state index in [2.05, 4.69) is 5.32 Å². The molecule has 0 heterocycles. The molecule has 25 heavy (non-hydrogen) atoms. The number of hydrogen-bond donors (Lipinski definition) is 1. The Balaban J connectivity index is 5.00. The van der Waals surface area contributed by atoms with E-state index in [1.165, 1.54) is 0 Å². The van der Waals surface area contributed by atoms with Crippen molar-refractivity contribution in [2.45, 2.75) is 78.6 Å². The maximum atomic E-state index is 12.2. The van der Waals surface area contributed by atoms with Gasteiger partial charge in [0, 0.05) is 6.42 Å². The highest BCUT2D eigenvalue weighted by molar-refractivity contribution is 5.98. The van der Waals surface area contributed by atoms with Gasteiger partial charge in [0.2, 0.25) is 0 Å². The summed E-state index contributed by atoms with van der Waals surface area (Å²) >= 11 is 0. The number of Topliss-reactive ketones (excluding diaryl/α,β-unsaturated/α-hetero) is 1. The van der Waals surface area contributed by atoms with E-state index >= 15 is 0 Å². The van der Waals surface area contributed by atoms with Gasteiger partial charge >= 0.3 is 18.0 Å². The normalized spacial score (nSPS) is 12.8. The topological polar surface area (TPSA) is 108 Å². The van der Waals surface area contributed by atoms with Crippen molar-refractivity contribution in [2.75, 3.05) is 6.61 Å². The molecule has 0 radical (unpaired) electrons. The van der Waals surface area contributed by atoms with E-state index in [-0.39, 0.29) is 6.61 Å². The molecule has 1 atom stereocenters. The van der Waals surface area contributed by atoms with Crippen molar-refractivity contribution in [2.24, 2.45) is 0 Å². The summed E-state index contributed by atoms with van der Waals surface area (Å²) in [4.78, 5) is 47.5. The van der Waals surface area contributed by atoms with Crippen LogP contribution in [0, 0.1) is 0 Å². The molecular weight excluding hydrogens is 330 g/mol. The number of rotatable bonds is 7. The maximum Gasteiger partial charge on any atom is 0.408 e. The molecule has 1 amide bonds. The lowest BCUT2D eigenvalue weighted by molar-refractivity contribution is -0.159. The number of alkyl carbamates (subject to hydrolysis) is 1. The number of carbonyl (C=O) groups excluding carboxylic acids is 4. The van der Waals surface area contributed by atoms with Crippen LogP contribution in [0.3, 0.4) is 0 Å². The van der Waals surface area contributed by atoms with Crippen molar-refractivity contribution in [3.8, 4) is 0 Å². The zero-order chi connectivity index (χ0) is 19.8. The second-order valence-electron chi connectivity index (χ2n) is 7.46. The average Bonchev–Trinajstić information content (AvgIpc) is 2.33. The SMILES string of the molecule is CCOC(=O)CC(=O)CC(NC(=O)OC(C)(C)C)C(=O)OC(C)(C)C. The number of carbonyl (C=O) groups is 4. The molecule has 0 rings (SSSR count). The zero-order valence-electron chi connectivity index (χ0n) is 16.1. The fraction of sp³-hybridized carbons (Fsp3) is 0.765. The molecule has 0 spiro atoms. The third-order valence-electron chi connectivity index (χ3n) is 2.46. The van der Waals surface area contributed by atoms with Gasteiger partial charge in [0.25, 0.3) is 0 Å². The monoisotopic (exact) mass is 359 g/mol. The molecule has 0 aliphatic rings. The van der Waals surface area contributed by atoms with Crippen LogP contribution in [-0.2, 0) is 28.6 Å². The van der Waals surface area contributed by atoms with E-state index in [1.54, 1.807) is 48.5 Å². The first-order valence-electron chi connectivity index (χ1n) is 8.13. The van der Waals surface area contributed by atoms with Gasteiger partial charge in [-0.3, -0.25) is 9.59 Å². The molecule has 8 nitrogen and oxygen atoms in total.